The molecule has 0 spiro atoms. The Morgan fingerprint density at radius 3 is 2.62 bits per heavy atom. The molecule has 0 bridgehead atoms. The summed E-state index contributed by atoms with van der Waals surface area (Å²) in [5.74, 6) is 0.943. The minimum atomic E-state index is 0.596. The monoisotopic (exact) mass is 352 g/mol. The number of piperazine rings is 1. The average molecular weight is 352 g/mol. The van der Waals surface area contributed by atoms with Crippen molar-refractivity contribution in [2.45, 2.75) is 0 Å². The highest BCUT2D eigenvalue weighted by Crippen LogP contribution is 2.28. The van der Waals surface area contributed by atoms with Crippen molar-refractivity contribution in [1.29, 1.82) is 0 Å². The van der Waals surface area contributed by atoms with E-state index in [1.807, 2.05) is 36.4 Å². The van der Waals surface area contributed by atoms with Gasteiger partial charge in [-0.15, -0.1) is 0 Å². The molecule has 2 aromatic carbocycles. The molecule has 1 saturated heterocycles. The van der Waals surface area contributed by atoms with Gasteiger partial charge in [-0.1, -0.05) is 24.3 Å². The number of oxazole rings is 1. The molecule has 136 valence electrons. The molecule has 2 heterocycles. The van der Waals surface area contributed by atoms with Crippen molar-refractivity contribution in [3.05, 3.63) is 48.5 Å². The SMILES string of the molecule is COc1ccccc1N1CCN(CCNc2nc3ccccc3o2)CC1. The average Bonchev–Trinajstić information content (AvgIpc) is 3.11. The summed E-state index contributed by atoms with van der Waals surface area (Å²) in [4.78, 5) is 9.30. The predicted octanol–water partition coefficient (Wildman–Crippen LogP) is 3.07. The lowest BCUT2D eigenvalue weighted by Gasteiger charge is -2.36. The summed E-state index contributed by atoms with van der Waals surface area (Å²) >= 11 is 0. The molecule has 4 rings (SSSR count). The number of aromatic nitrogens is 1. The largest absolute Gasteiger partial charge is 0.495 e. The van der Waals surface area contributed by atoms with Gasteiger partial charge in [0.05, 0.1) is 12.8 Å². The molecule has 0 saturated carbocycles. The maximum absolute atomic E-state index is 5.69. The molecule has 1 N–H and O–H groups in total. The number of methoxy groups -OCH3 is 1. The van der Waals surface area contributed by atoms with E-state index in [4.69, 9.17) is 9.15 Å². The highest BCUT2D eigenvalue weighted by Gasteiger charge is 2.19. The van der Waals surface area contributed by atoms with Gasteiger partial charge in [0.2, 0.25) is 0 Å². The molecular formula is C20H24N4O2. The molecule has 1 aliphatic rings. The molecule has 0 amide bonds. The van der Waals surface area contributed by atoms with Crippen LogP contribution in [0.1, 0.15) is 0 Å². The molecule has 0 atom stereocenters. The Morgan fingerprint density at radius 2 is 1.81 bits per heavy atom. The van der Waals surface area contributed by atoms with E-state index in [-0.39, 0.29) is 0 Å². The number of ether oxygens (including phenoxy) is 1. The van der Waals surface area contributed by atoms with Crippen LogP contribution >= 0.6 is 0 Å². The van der Waals surface area contributed by atoms with E-state index >= 15 is 0 Å². The van der Waals surface area contributed by atoms with Crippen molar-refractivity contribution in [2.75, 3.05) is 56.6 Å². The maximum Gasteiger partial charge on any atom is 0.295 e. The second-order valence-electron chi connectivity index (χ2n) is 6.41. The summed E-state index contributed by atoms with van der Waals surface area (Å²) in [7, 11) is 1.73. The van der Waals surface area contributed by atoms with Crippen LogP contribution in [0.25, 0.3) is 11.1 Å². The van der Waals surface area contributed by atoms with Crippen LogP contribution in [0.3, 0.4) is 0 Å². The molecule has 1 aliphatic heterocycles. The number of rotatable bonds is 6. The third kappa shape index (κ3) is 3.60. The molecule has 3 aromatic rings. The number of nitrogens with zero attached hydrogens (tertiary/aromatic N) is 3. The van der Waals surface area contributed by atoms with Crippen LogP contribution in [0.2, 0.25) is 0 Å². The minimum Gasteiger partial charge on any atom is -0.495 e. The van der Waals surface area contributed by atoms with E-state index in [1.54, 1.807) is 7.11 Å². The fraction of sp³-hybridized carbons (Fsp3) is 0.350. The van der Waals surface area contributed by atoms with Crippen LogP contribution in [0, 0.1) is 0 Å². The summed E-state index contributed by atoms with van der Waals surface area (Å²) in [6, 6.07) is 16.6. The molecule has 26 heavy (non-hydrogen) atoms. The molecular weight excluding hydrogens is 328 g/mol. The smallest absolute Gasteiger partial charge is 0.295 e. The van der Waals surface area contributed by atoms with Crippen molar-refractivity contribution in [3.8, 4) is 5.75 Å². The van der Waals surface area contributed by atoms with Crippen molar-refractivity contribution in [1.82, 2.24) is 9.88 Å². The fourth-order valence-corrected chi connectivity index (χ4v) is 3.37. The van der Waals surface area contributed by atoms with E-state index in [2.05, 4.69) is 32.2 Å². The van der Waals surface area contributed by atoms with Crippen LogP contribution in [0.5, 0.6) is 5.75 Å². The zero-order valence-corrected chi connectivity index (χ0v) is 15.0. The number of fused-ring (bicyclic) bond motifs is 1. The lowest BCUT2D eigenvalue weighted by Crippen LogP contribution is -2.47. The standard InChI is InChI=1S/C20H24N4O2/c1-25-19-9-5-3-7-17(19)24-14-12-23(13-15-24)11-10-21-20-22-16-6-2-4-8-18(16)26-20/h2-9H,10-15H2,1H3,(H,21,22). The Bertz CT molecular complexity index is 823. The van der Waals surface area contributed by atoms with Crippen LogP contribution in [0.4, 0.5) is 11.7 Å². The number of benzene rings is 2. The Kier molecular flexibility index (Phi) is 4.93. The molecule has 0 aliphatic carbocycles. The lowest BCUT2D eigenvalue weighted by molar-refractivity contribution is 0.266. The Balaban J connectivity index is 1.26. The zero-order chi connectivity index (χ0) is 17.8. The molecule has 0 radical (unpaired) electrons. The topological polar surface area (TPSA) is 53.8 Å². The van der Waals surface area contributed by atoms with Gasteiger partial charge in [-0.3, -0.25) is 4.90 Å². The second-order valence-corrected chi connectivity index (χ2v) is 6.41. The van der Waals surface area contributed by atoms with Crippen LogP contribution in [-0.4, -0.2) is 56.3 Å². The summed E-state index contributed by atoms with van der Waals surface area (Å²) in [6.45, 7) is 5.87. The van der Waals surface area contributed by atoms with Gasteiger partial charge < -0.3 is 19.4 Å². The van der Waals surface area contributed by atoms with Crippen molar-refractivity contribution < 1.29 is 9.15 Å². The van der Waals surface area contributed by atoms with E-state index in [0.29, 0.717) is 6.01 Å². The van der Waals surface area contributed by atoms with Crippen LogP contribution < -0.4 is 15.0 Å². The van der Waals surface area contributed by atoms with Gasteiger partial charge >= 0.3 is 0 Å². The summed E-state index contributed by atoms with van der Waals surface area (Å²) in [5.41, 5.74) is 2.89. The highest BCUT2D eigenvalue weighted by molar-refractivity contribution is 5.74. The summed E-state index contributed by atoms with van der Waals surface area (Å²) in [6.07, 6.45) is 0. The second kappa shape index (κ2) is 7.66. The van der Waals surface area contributed by atoms with Crippen LogP contribution in [-0.2, 0) is 0 Å². The van der Waals surface area contributed by atoms with Crippen LogP contribution in [0.15, 0.2) is 52.9 Å². The highest BCUT2D eigenvalue weighted by atomic mass is 16.5. The first-order valence-electron chi connectivity index (χ1n) is 9.03. The Labute approximate surface area is 153 Å². The molecule has 1 aromatic heterocycles. The number of nitrogens with one attached hydrogen (secondary N) is 1. The van der Waals surface area contributed by atoms with Gasteiger partial charge in [0.25, 0.3) is 6.01 Å². The van der Waals surface area contributed by atoms with Crippen molar-refractivity contribution in [3.63, 3.8) is 0 Å². The number of anilines is 2. The van der Waals surface area contributed by atoms with Crippen molar-refractivity contribution in [2.24, 2.45) is 0 Å². The van der Waals surface area contributed by atoms with Gasteiger partial charge in [0.1, 0.15) is 11.3 Å². The first-order valence-corrected chi connectivity index (χ1v) is 9.03. The van der Waals surface area contributed by atoms with Gasteiger partial charge in [-0.05, 0) is 24.3 Å². The third-order valence-electron chi connectivity index (χ3n) is 4.80. The lowest BCUT2D eigenvalue weighted by atomic mass is 10.2. The van der Waals surface area contributed by atoms with Gasteiger partial charge in [0.15, 0.2) is 5.58 Å². The fourth-order valence-electron chi connectivity index (χ4n) is 3.37. The molecule has 1 fully saturated rings. The summed E-state index contributed by atoms with van der Waals surface area (Å²) < 4.78 is 11.2. The quantitative estimate of drug-likeness (QED) is 0.736. The first kappa shape index (κ1) is 16.7. The first-order chi connectivity index (χ1) is 12.8. The molecule has 6 nitrogen and oxygen atoms in total. The Hall–Kier alpha value is -2.73. The number of para-hydroxylation sites is 4. The van der Waals surface area contributed by atoms with E-state index < -0.39 is 0 Å². The predicted molar refractivity (Wildman–Crippen MR) is 104 cm³/mol. The Morgan fingerprint density at radius 1 is 1.04 bits per heavy atom. The zero-order valence-electron chi connectivity index (χ0n) is 15.0. The molecule has 6 heteroatoms. The maximum atomic E-state index is 5.69. The van der Waals surface area contributed by atoms with Crippen molar-refractivity contribution >= 4 is 22.8 Å². The van der Waals surface area contributed by atoms with E-state index in [9.17, 15) is 0 Å². The van der Waals surface area contributed by atoms with E-state index in [1.165, 1.54) is 5.69 Å². The van der Waals surface area contributed by atoms with Gasteiger partial charge in [-0.25, -0.2) is 0 Å². The van der Waals surface area contributed by atoms with E-state index in [0.717, 1.165) is 56.1 Å². The van der Waals surface area contributed by atoms with Gasteiger partial charge in [-0.2, -0.15) is 4.98 Å². The summed E-state index contributed by atoms with van der Waals surface area (Å²) in [5, 5.41) is 3.29. The number of hydrogen-bond acceptors (Lipinski definition) is 6. The normalized spacial score (nSPS) is 15.3. The van der Waals surface area contributed by atoms with Gasteiger partial charge in [0, 0.05) is 39.3 Å². The molecule has 0 unspecified atom stereocenters. The minimum absolute atomic E-state index is 0.596. The third-order valence-corrected chi connectivity index (χ3v) is 4.80. The number of hydrogen-bond donors (Lipinski definition) is 1.